The van der Waals surface area contributed by atoms with Gasteiger partial charge in [-0.2, -0.15) is 26.3 Å². The summed E-state index contributed by atoms with van der Waals surface area (Å²) in [5.41, 5.74) is -0.558. The Morgan fingerprint density at radius 1 is 0.800 bits per heavy atom. The van der Waals surface area contributed by atoms with Crippen molar-refractivity contribution in [2.45, 2.75) is 17.2 Å². The van der Waals surface area contributed by atoms with E-state index in [0.717, 1.165) is 18.2 Å². The predicted molar refractivity (Wildman–Crippen MR) is 118 cm³/mol. The second-order valence-electron chi connectivity index (χ2n) is 7.56. The molecule has 0 amide bonds. The Morgan fingerprint density at radius 2 is 1.43 bits per heavy atom. The topological polar surface area (TPSA) is 88.8 Å². The molecular weight excluding hydrogens is 496 g/mol. The number of fused-ring (bicyclic) bond motifs is 1. The van der Waals surface area contributed by atoms with E-state index in [1.54, 1.807) is 0 Å². The van der Waals surface area contributed by atoms with E-state index >= 15 is 0 Å². The van der Waals surface area contributed by atoms with Crippen LogP contribution in [0.15, 0.2) is 65.6 Å². The molecule has 0 aliphatic heterocycles. The van der Waals surface area contributed by atoms with Crippen LogP contribution >= 0.6 is 0 Å². The molecule has 35 heavy (non-hydrogen) atoms. The van der Waals surface area contributed by atoms with Gasteiger partial charge in [0.25, 0.3) is 0 Å². The van der Waals surface area contributed by atoms with Gasteiger partial charge in [0.15, 0.2) is 0 Å². The van der Waals surface area contributed by atoms with Gasteiger partial charge in [-0.1, -0.05) is 24.3 Å². The van der Waals surface area contributed by atoms with Crippen molar-refractivity contribution in [1.29, 1.82) is 0 Å². The van der Waals surface area contributed by atoms with Crippen LogP contribution in [0.2, 0.25) is 0 Å². The lowest BCUT2D eigenvalue weighted by Crippen LogP contribution is -2.15. The lowest BCUT2D eigenvalue weighted by Gasteiger charge is -2.13. The molecule has 1 aromatic heterocycles. The number of benzene rings is 3. The van der Waals surface area contributed by atoms with Gasteiger partial charge in [0.1, 0.15) is 5.82 Å². The number of hydrogen-bond donors (Lipinski definition) is 2. The fraction of sp³-hybridized carbons (Fsp3) is 0.0870. The molecule has 0 aliphatic rings. The number of nitrogens with zero attached hydrogens (tertiary/aromatic N) is 1. The lowest BCUT2D eigenvalue weighted by atomic mass is 10.0. The smallest absolute Gasteiger partial charge is 0.338 e. The normalized spacial score (nSPS) is 13.1. The van der Waals surface area contributed by atoms with Gasteiger partial charge in [0.2, 0.25) is 10.0 Å². The van der Waals surface area contributed by atoms with E-state index in [2.05, 4.69) is 9.97 Å². The fourth-order valence-electron chi connectivity index (χ4n) is 3.41. The van der Waals surface area contributed by atoms with E-state index in [9.17, 15) is 34.8 Å². The summed E-state index contributed by atoms with van der Waals surface area (Å²) >= 11 is 0. The first kappa shape index (κ1) is 24.5. The molecule has 4 rings (SSSR count). The summed E-state index contributed by atoms with van der Waals surface area (Å²) in [4.78, 5) is 6.77. The van der Waals surface area contributed by atoms with E-state index in [1.165, 1.54) is 42.5 Å². The van der Waals surface area contributed by atoms with Crippen molar-refractivity contribution in [3.63, 3.8) is 0 Å². The quantitative estimate of drug-likeness (QED) is 0.325. The minimum atomic E-state index is -4.69. The summed E-state index contributed by atoms with van der Waals surface area (Å²) in [6.07, 6.45) is -6.09. The second-order valence-corrected chi connectivity index (χ2v) is 9.09. The third kappa shape index (κ3) is 5.38. The first-order chi connectivity index (χ1) is 16.2. The van der Waals surface area contributed by atoms with Gasteiger partial charge in [-0.05, 0) is 59.7 Å². The molecule has 0 saturated heterocycles. The molecule has 0 radical (unpaired) electrons. The number of rotatable bonds is 4. The second kappa shape index (κ2) is 8.54. The Kier molecular flexibility index (Phi) is 5.97. The van der Waals surface area contributed by atoms with Crippen LogP contribution in [0.5, 0.6) is 0 Å². The number of primary sulfonamides is 1. The molecule has 0 bridgehead atoms. The van der Waals surface area contributed by atoms with E-state index in [1.807, 2.05) is 0 Å². The number of alkyl halides is 6. The number of nitrogens with two attached hydrogens (primary N) is 1. The Hall–Kier alpha value is -3.64. The number of nitrogens with one attached hydrogen (secondary N) is 1. The number of aromatic amines is 1. The van der Waals surface area contributed by atoms with Gasteiger partial charge >= 0.3 is 12.4 Å². The highest BCUT2D eigenvalue weighted by atomic mass is 32.2. The van der Waals surface area contributed by atoms with Crippen molar-refractivity contribution >= 4 is 33.2 Å². The first-order valence-electron chi connectivity index (χ1n) is 9.81. The molecule has 0 spiro atoms. The fourth-order valence-corrected chi connectivity index (χ4v) is 4.16. The minimum Gasteiger partial charge on any atom is -0.338 e. The molecule has 3 aromatic carbocycles. The highest BCUT2D eigenvalue weighted by Crippen LogP contribution is 2.36. The molecule has 5 nitrogen and oxygen atoms in total. The average molecular weight is 511 g/mol. The number of sulfonamides is 1. The number of hydrogen-bond acceptors (Lipinski definition) is 3. The van der Waals surface area contributed by atoms with E-state index in [4.69, 9.17) is 5.14 Å². The van der Waals surface area contributed by atoms with Gasteiger partial charge < -0.3 is 4.98 Å². The summed E-state index contributed by atoms with van der Waals surface area (Å²) < 4.78 is 102. The van der Waals surface area contributed by atoms with E-state index in [-0.39, 0.29) is 11.1 Å². The predicted octanol–water partition coefficient (Wildman–Crippen LogP) is 6.09. The third-order valence-corrected chi connectivity index (χ3v) is 6.07. The lowest BCUT2D eigenvalue weighted by molar-refractivity contribution is -0.138. The Bertz CT molecular complexity index is 1540. The maximum Gasteiger partial charge on any atom is 0.416 e. The van der Waals surface area contributed by atoms with Crippen molar-refractivity contribution in [3.05, 3.63) is 83.2 Å². The molecule has 182 valence electrons. The number of imidazole rings is 1. The largest absolute Gasteiger partial charge is 0.416 e. The molecule has 3 N–H and O–H groups in total. The third-order valence-electron chi connectivity index (χ3n) is 5.10. The summed E-state index contributed by atoms with van der Waals surface area (Å²) in [7, 11) is -4.32. The Balaban J connectivity index is 1.70. The standard InChI is InChI=1S/C23H15F6N3O2S/c24-22(25,26)15-5-1-13(2-6-15)3-10-21-31-18-8-4-14(11-19(18)32-21)17-12-16(23(27,28)29)7-9-20(17)35(30,33)34/h1-12H,(H,31,32)(H2,30,33,34). The SMILES string of the molecule is NS(=O)(=O)c1ccc(C(F)(F)F)cc1-c1ccc2nc(C=Cc3ccc(C(F)(F)F)cc3)[nH]c2c1. The van der Waals surface area contributed by atoms with Crippen LogP contribution in [0.25, 0.3) is 34.3 Å². The minimum absolute atomic E-state index is 0.162. The summed E-state index contributed by atoms with van der Waals surface area (Å²) in [5.74, 6) is 0.327. The van der Waals surface area contributed by atoms with E-state index < -0.39 is 38.4 Å². The maximum absolute atomic E-state index is 13.2. The van der Waals surface area contributed by atoms with Crippen molar-refractivity contribution in [2.24, 2.45) is 5.14 Å². The molecular formula is C23H15F6N3O2S. The average Bonchev–Trinajstić information content (AvgIpc) is 3.18. The van der Waals surface area contributed by atoms with Gasteiger partial charge in [-0.15, -0.1) is 0 Å². The van der Waals surface area contributed by atoms with Gasteiger partial charge in [-0.25, -0.2) is 18.5 Å². The Morgan fingerprint density at radius 3 is 2.03 bits per heavy atom. The van der Waals surface area contributed by atoms with Crippen LogP contribution in [0.4, 0.5) is 26.3 Å². The zero-order valence-electron chi connectivity index (χ0n) is 17.4. The summed E-state index contributed by atoms with van der Waals surface area (Å²) in [5, 5.41) is 5.20. The Labute approximate surface area is 195 Å². The van der Waals surface area contributed by atoms with Crippen LogP contribution in [-0.2, 0) is 22.4 Å². The molecule has 4 aromatic rings. The van der Waals surface area contributed by atoms with E-state index in [0.29, 0.717) is 34.6 Å². The number of halogens is 6. The first-order valence-corrected chi connectivity index (χ1v) is 11.4. The van der Waals surface area contributed by atoms with Crippen LogP contribution in [0.3, 0.4) is 0 Å². The van der Waals surface area contributed by atoms with Crippen LogP contribution < -0.4 is 5.14 Å². The van der Waals surface area contributed by atoms with Gasteiger partial charge in [0, 0.05) is 5.56 Å². The number of H-pyrrole nitrogens is 1. The zero-order valence-corrected chi connectivity index (χ0v) is 18.3. The summed E-state index contributed by atoms with van der Waals surface area (Å²) in [6.45, 7) is 0. The molecule has 0 atom stereocenters. The van der Waals surface area contributed by atoms with Crippen LogP contribution in [0, 0.1) is 0 Å². The molecule has 0 unspecified atom stereocenters. The van der Waals surface area contributed by atoms with Crippen molar-refractivity contribution in [2.75, 3.05) is 0 Å². The molecule has 12 heteroatoms. The van der Waals surface area contributed by atoms with Crippen molar-refractivity contribution in [1.82, 2.24) is 9.97 Å². The molecule has 0 aliphatic carbocycles. The van der Waals surface area contributed by atoms with Crippen molar-refractivity contribution in [3.8, 4) is 11.1 Å². The number of aromatic nitrogens is 2. The molecule has 0 fully saturated rings. The zero-order chi connectivity index (χ0) is 25.6. The maximum atomic E-state index is 13.2. The van der Waals surface area contributed by atoms with Crippen molar-refractivity contribution < 1.29 is 34.8 Å². The molecule has 0 saturated carbocycles. The van der Waals surface area contributed by atoms with Crippen LogP contribution in [0.1, 0.15) is 22.5 Å². The van der Waals surface area contributed by atoms with Gasteiger partial charge in [0.05, 0.1) is 27.1 Å². The van der Waals surface area contributed by atoms with Gasteiger partial charge in [-0.3, -0.25) is 0 Å². The summed E-state index contributed by atoms with van der Waals surface area (Å²) in [6, 6.07) is 11.0. The monoisotopic (exact) mass is 511 g/mol. The van der Waals surface area contributed by atoms with Crippen LogP contribution in [-0.4, -0.2) is 18.4 Å². The highest BCUT2D eigenvalue weighted by molar-refractivity contribution is 7.89. The highest BCUT2D eigenvalue weighted by Gasteiger charge is 2.32. The molecule has 1 heterocycles.